The fraction of sp³-hybridized carbons (Fsp3) is 0.400. The second kappa shape index (κ2) is 4.33. The van der Waals surface area contributed by atoms with Gasteiger partial charge in [-0.25, -0.2) is 0 Å². The Morgan fingerprint density at radius 2 is 2.47 bits per heavy atom. The van der Waals surface area contributed by atoms with Crippen LogP contribution >= 0.6 is 22.9 Å². The van der Waals surface area contributed by atoms with Gasteiger partial charge < -0.3 is 4.90 Å². The van der Waals surface area contributed by atoms with E-state index in [1.165, 1.54) is 0 Å². The Balaban J connectivity index is 2.11. The zero-order valence-electron chi connectivity index (χ0n) is 7.98. The highest BCUT2D eigenvalue weighted by Gasteiger charge is 2.34. The van der Waals surface area contributed by atoms with E-state index in [2.05, 4.69) is 0 Å². The number of hydrogen-bond acceptors (Lipinski definition) is 3. The van der Waals surface area contributed by atoms with Crippen LogP contribution in [0.3, 0.4) is 0 Å². The smallest absolute Gasteiger partial charge is 0.244 e. The van der Waals surface area contributed by atoms with Gasteiger partial charge in [-0.2, -0.15) is 0 Å². The third kappa shape index (κ3) is 2.21. The van der Waals surface area contributed by atoms with E-state index in [1.54, 1.807) is 16.2 Å². The molecule has 1 atom stereocenters. The second-order valence-electron chi connectivity index (χ2n) is 3.46. The van der Waals surface area contributed by atoms with Gasteiger partial charge in [0.2, 0.25) is 11.1 Å². The molecule has 0 saturated carbocycles. The van der Waals surface area contributed by atoms with Crippen molar-refractivity contribution in [3.05, 3.63) is 22.4 Å². The molecule has 2 rings (SSSR count). The lowest BCUT2D eigenvalue weighted by molar-refractivity contribution is -0.132. The number of halogens is 1. The van der Waals surface area contributed by atoms with Crippen molar-refractivity contribution >= 4 is 34.1 Å². The van der Waals surface area contributed by atoms with Crippen molar-refractivity contribution in [2.24, 2.45) is 0 Å². The molecule has 2 heterocycles. The van der Waals surface area contributed by atoms with Crippen LogP contribution < -0.4 is 0 Å². The van der Waals surface area contributed by atoms with Crippen LogP contribution in [0.4, 0.5) is 0 Å². The summed E-state index contributed by atoms with van der Waals surface area (Å²) < 4.78 is 0. The van der Waals surface area contributed by atoms with Crippen LogP contribution in [0, 0.1) is 0 Å². The zero-order chi connectivity index (χ0) is 10.8. The predicted molar refractivity (Wildman–Crippen MR) is 58.8 cm³/mol. The van der Waals surface area contributed by atoms with Gasteiger partial charge in [-0.15, -0.1) is 11.3 Å². The average molecular weight is 244 g/mol. The normalized spacial score (nSPS) is 21.0. The Kier molecular flexibility index (Phi) is 3.07. The minimum atomic E-state index is -0.433. The Morgan fingerprint density at radius 1 is 1.67 bits per heavy atom. The van der Waals surface area contributed by atoms with Gasteiger partial charge in [0.05, 0.1) is 6.54 Å². The van der Waals surface area contributed by atoms with Gasteiger partial charge in [0.25, 0.3) is 0 Å². The van der Waals surface area contributed by atoms with E-state index in [9.17, 15) is 9.59 Å². The molecule has 0 N–H and O–H groups in total. The number of carbonyl (C=O) groups excluding carboxylic acids is 2. The summed E-state index contributed by atoms with van der Waals surface area (Å²) in [7, 11) is 0. The maximum absolute atomic E-state index is 11.5. The second-order valence-corrected chi connectivity index (χ2v) is 4.86. The molecule has 1 aromatic heterocycles. The molecule has 1 saturated heterocycles. The van der Waals surface area contributed by atoms with E-state index in [4.69, 9.17) is 11.6 Å². The first-order chi connectivity index (χ1) is 7.18. The van der Waals surface area contributed by atoms with Crippen molar-refractivity contribution in [2.75, 3.05) is 0 Å². The molecule has 15 heavy (non-hydrogen) atoms. The third-order valence-corrected chi connectivity index (χ3v) is 3.61. The first-order valence-corrected chi connectivity index (χ1v) is 5.95. The topological polar surface area (TPSA) is 37.4 Å². The monoisotopic (exact) mass is 243 g/mol. The fourth-order valence-corrected chi connectivity index (χ4v) is 2.67. The standard InChI is InChI=1S/C10H10ClNO2S/c11-10(14)8-3-4-9(13)12(8)6-7-2-1-5-15-7/h1-2,5,8H,3-4,6H2. The molecule has 3 nitrogen and oxygen atoms in total. The van der Waals surface area contributed by atoms with Crippen molar-refractivity contribution in [1.82, 2.24) is 4.90 Å². The first kappa shape index (κ1) is 10.6. The lowest BCUT2D eigenvalue weighted by Gasteiger charge is -2.20. The summed E-state index contributed by atoms with van der Waals surface area (Å²) in [5.41, 5.74) is 0. The zero-order valence-corrected chi connectivity index (χ0v) is 9.55. The molecule has 1 amide bonds. The summed E-state index contributed by atoms with van der Waals surface area (Å²) in [5, 5.41) is 1.52. The average Bonchev–Trinajstić information content (AvgIpc) is 2.78. The minimum absolute atomic E-state index is 0.0161. The fourth-order valence-electron chi connectivity index (χ4n) is 1.74. The minimum Gasteiger partial charge on any atom is -0.326 e. The number of likely N-dealkylation sites (tertiary alicyclic amines) is 1. The van der Waals surface area contributed by atoms with Crippen LogP contribution in [0.2, 0.25) is 0 Å². The summed E-state index contributed by atoms with van der Waals surface area (Å²) in [6, 6.07) is 3.45. The molecule has 1 unspecified atom stereocenters. The molecule has 1 fully saturated rings. The van der Waals surface area contributed by atoms with Crippen LogP contribution in [0.5, 0.6) is 0 Å². The lowest BCUT2D eigenvalue weighted by Crippen LogP contribution is -2.35. The summed E-state index contributed by atoms with van der Waals surface area (Å²) in [4.78, 5) is 25.3. The van der Waals surface area contributed by atoms with E-state index in [0.717, 1.165) is 4.88 Å². The van der Waals surface area contributed by atoms with Gasteiger partial charge >= 0.3 is 0 Å². The molecular weight excluding hydrogens is 234 g/mol. The van der Waals surface area contributed by atoms with Gasteiger partial charge in [0.15, 0.2) is 0 Å². The molecular formula is C10H10ClNO2S. The summed E-state index contributed by atoms with van der Waals surface area (Å²) in [5.74, 6) is 0.0161. The van der Waals surface area contributed by atoms with Gasteiger partial charge in [-0.1, -0.05) is 6.07 Å². The van der Waals surface area contributed by atoms with Gasteiger partial charge in [0.1, 0.15) is 6.04 Å². The highest BCUT2D eigenvalue weighted by molar-refractivity contribution is 7.09. The highest BCUT2D eigenvalue weighted by Crippen LogP contribution is 2.24. The molecule has 0 radical (unpaired) electrons. The maximum atomic E-state index is 11.5. The molecule has 0 spiro atoms. The predicted octanol–water partition coefficient (Wildman–Crippen LogP) is 2.00. The van der Waals surface area contributed by atoms with E-state index >= 15 is 0 Å². The molecule has 0 bridgehead atoms. The molecule has 1 aliphatic rings. The maximum Gasteiger partial charge on any atom is 0.244 e. The number of amides is 1. The Labute approximate surface area is 96.6 Å². The summed E-state index contributed by atoms with van der Waals surface area (Å²) in [6.45, 7) is 0.500. The Morgan fingerprint density at radius 3 is 3.07 bits per heavy atom. The lowest BCUT2D eigenvalue weighted by atomic mass is 10.2. The van der Waals surface area contributed by atoms with Gasteiger partial charge in [0, 0.05) is 11.3 Å². The van der Waals surface area contributed by atoms with Gasteiger partial charge in [-0.05, 0) is 29.5 Å². The first-order valence-electron chi connectivity index (χ1n) is 4.69. The molecule has 5 heteroatoms. The molecule has 1 aromatic rings. The summed E-state index contributed by atoms with van der Waals surface area (Å²) in [6.07, 6.45) is 0.973. The molecule has 0 aromatic carbocycles. The van der Waals surface area contributed by atoms with Crippen LogP contribution in [0.25, 0.3) is 0 Å². The van der Waals surface area contributed by atoms with Crippen molar-refractivity contribution in [3.63, 3.8) is 0 Å². The number of nitrogens with zero attached hydrogens (tertiary/aromatic N) is 1. The molecule has 80 valence electrons. The number of rotatable bonds is 3. The Bertz CT molecular complexity index is 377. The Hall–Kier alpha value is -0.870. The van der Waals surface area contributed by atoms with E-state index in [0.29, 0.717) is 19.4 Å². The molecule has 0 aliphatic carbocycles. The largest absolute Gasteiger partial charge is 0.326 e. The number of hydrogen-bond donors (Lipinski definition) is 0. The van der Waals surface area contributed by atoms with Crippen molar-refractivity contribution in [1.29, 1.82) is 0 Å². The molecule has 1 aliphatic heterocycles. The number of carbonyl (C=O) groups is 2. The van der Waals surface area contributed by atoms with Crippen LogP contribution in [-0.4, -0.2) is 22.1 Å². The SMILES string of the molecule is O=C(Cl)C1CCC(=O)N1Cc1cccs1. The van der Waals surface area contributed by atoms with E-state index < -0.39 is 11.3 Å². The van der Waals surface area contributed by atoms with Crippen molar-refractivity contribution in [3.8, 4) is 0 Å². The number of thiophene rings is 1. The quantitative estimate of drug-likeness (QED) is 0.762. The van der Waals surface area contributed by atoms with E-state index in [-0.39, 0.29) is 5.91 Å². The van der Waals surface area contributed by atoms with E-state index in [1.807, 2.05) is 17.5 Å². The third-order valence-electron chi connectivity index (χ3n) is 2.50. The van der Waals surface area contributed by atoms with Crippen LogP contribution in [0.1, 0.15) is 17.7 Å². The summed E-state index contributed by atoms with van der Waals surface area (Å²) >= 11 is 7.03. The van der Waals surface area contributed by atoms with Crippen LogP contribution in [-0.2, 0) is 16.1 Å². The van der Waals surface area contributed by atoms with Crippen LogP contribution in [0.15, 0.2) is 17.5 Å². The van der Waals surface area contributed by atoms with Gasteiger partial charge in [-0.3, -0.25) is 9.59 Å². The van der Waals surface area contributed by atoms with Crippen molar-refractivity contribution in [2.45, 2.75) is 25.4 Å². The van der Waals surface area contributed by atoms with Crippen molar-refractivity contribution < 1.29 is 9.59 Å². The highest BCUT2D eigenvalue weighted by atomic mass is 35.5.